The van der Waals surface area contributed by atoms with Gasteiger partial charge >= 0.3 is 11.8 Å². The lowest BCUT2D eigenvalue weighted by atomic mass is 9.94. The number of hydrogen-bond donors (Lipinski definition) is 3. The molecule has 0 bridgehead atoms. The highest BCUT2D eigenvalue weighted by Crippen LogP contribution is 2.32. The van der Waals surface area contributed by atoms with Crippen LogP contribution < -0.4 is 11.1 Å². The summed E-state index contributed by atoms with van der Waals surface area (Å²) in [7, 11) is 0. The number of hydrogen-bond acceptors (Lipinski definition) is 5. The number of nitrogen functional groups attached to an aromatic ring is 1. The zero-order valence-electron chi connectivity index (χ0n) is 16.3. The maximum atomic E-state index is 13.0. The number of aromatic nitrogens is 3. The van der Waals surface area contributed by atoms with Crippen LogP contribution in [-0.2, 0) is 16.0 Å². The van der Waals surface area contributed by atoms with Crippen molar-refractivity contribution in [3.8, 4) is 0 Å². The van der Waals surface area contributed by atoms with Crippen LogP contribution in [0.2, 0.25) is 0 Å². The lowest BCUT2D eigenvalue weighted by Gasteiger charge is -2.35. The van der Waals surface area contributed by atoms with Gasteiger partial charge in [0.25, 0.3) is 0 Å². The molecule has 1 saturated heterocycles. The fraction of sp³-hybridized carbons (Fsp3) is 0.333. The average Bonchev–Trinajstić information content (AvgIpc) is 3.22. The lowest BCUT2D eigenvalue weighted by molar-refractivity contribution is -0.145. The SMILES string of the molecule is CCc1cc(NC(=O)C(=O)N2CCCC[C@H]2c2ccc3[nH]ncc3c2)cnc1N. The van der Waals surface area contributed by atoms with Gasteiger partial charge in [0.05, 0.1) is 29.6 Å². The molecule has 1 aliphatic heterocycles. The van der Waals surface area contributed by atoms with Gasteiger partial charge in [-0.25, -0.2) is 4.98 Å². The minimum Gasteiger partial charge on any atom is -0.383 e. The van der Waals surface area contributed by atoms with E-state index in [4.69, 9.17) is 5.73 Å². The molecule has 2 amide bonds. The molecule has 1 atom stereocenters. The summed E-state index contributed by atoms with van der Waals surface area (Å²) in [5, 5.41) is 10.7. The highest BCUT2D eigenvalue weighted by Gasteiger charge is 2.32. The number of piperidine rings is 1. The van der Waals surface area contributed by atoms with E-state index in [9.17, 15) is 9.59 Å². The molecule has 1 aliphatic rings. The maximum absolute atomic E-state index is 13.0. The number of nitrogens with one attached hydrogen (secondary N) is 2. The number of pyridine rings is 1. The van der Waals surface area contributed by atoms with Crippen LogP contribution in [0, 0.1) is 0 Å². The van der Waals surface area contributed by atoms with Gasteiger partial charge in [-0.05, 0) is 55.0 Å². The van der Waals surface area contributed by atoms with Gasteiger partial charge in [0.2, 0.25) is 0 Å². The molecular weight excluding hydrogens is 368 g/mol. The fourth-order valence-corrected chi connectivity index (χ4v) is 3.88. The molecule has 150 valence electrons. The number of fused-ring (bicyclic) bond motifs is 1. The first-order valence-electron chi connectivity index (χ1n) is 9.86. The molecule has 8 heteroatoms. The quantitative estimate of drug-likeness (QED) is 0.593. The van der Waals surface area contributed by atoms with E-state index >= 15 is 0 Å². The number of benzene rings is 1. The van der Waals surface area contributed by atoms with Gasteiger partial charge in [0.15, 0.2) is 0 Å². The summed E-state index contributed by atoms with van der Waals surface area (Å²) in [6.45, 7) is 2.51. The Kier molecular flexibility index (Phi) is 5.16. The Hall–Kier alpha value is -3.42. The number of anilines is 2. The monoisotopic (exact) mass is 392 g/mol. The topological polar surface area (TPSA) is 117 Å². The summed E-state index contributed by atoms with van der Waals surface area (Å²) in [6.07, 6.45) is 6.65. The Balaban J connectivity index is 1.54. The number of aromatic amines is 1. The van der Waals surface area contributed by atoms with Gasteiger partial charge in [-0.1, -0.05) is 13.0 Å². The summed E-state index contributed by atoms with van der Waals surface area (Å²) in [5.41, 5.74) is 9.09. The smallest absolute Gasteiger partial charge is 0.313 e. The Labute approximate surface area is 168 Å². The predicted molar refractivity (Wildman–Crippen MR) is 111 cm³/mol. The third kappa shape index (κ3) is 3.78. The molecule has 2 aromatic heterocycles. The van der Waals surface area contributed by atoms with E-state index in [-0.39, 0.29) is 6.04 Å². The van der Waals surface area contributed by atoms with Crippen LogP contribution in [0.3, 0.4) is 0 Å². The van der Waals surface area contributed by atoms with Crippen molar-refractivity contribution < 1.29 is 9.59 Å². The van der Waals surface area contributed by atoms with Gasteiger partial charge < -0.3 is 16.0 Å². The maximum Gasteiger partial charge on any atom is 0.313 e. The van der Waals surface area contributed by atoms with Crippen molar-refractivity contribution in [3.05, 3.63) is 47.8 Å². The highest BCUT2D eigenvalue weighted by atomic mass is 16.2. The third-order valence-electron chi connectivity index (χ3n) is 5.45. The molecular formula is C21H24N6O2. The third-order valence-corrected chi connectivity index (χ3v) is 5.45. The number of carbonyl (C=O) groups is 2. The van der Waals surface area contributed by atoms with E-state index in [1.54, 1.807) is 17.2 Å². The number of nitrogens with two attached hydrogens (primary N) is 1. The zero-order valence-corrected chi connectivity index (χ0v) is 16.3. The van der Waals surface area contributed by atoms with E-state index in [0.717, 1.165) is 41.3 Å². The molecule has 0 aliphatic carbocycles. The summed E-state index contributed by atoms with van der Waals surface area (Å²) >= 11 is 0. The van der Waals surface area contributed by atoms with Crippen LogP contribution in [0.1, 0.15) is 43.4 Å². The Morgan fingerprint density at radius 3 is 2.97 bits per heavy atom. The number of H-pyrrole nitrogens is 1. The number of nitrogens with zero attached hydrogens (tertiary/aromatic N) is 3. The molecule has 8 nitrogen and oxygen atoms in total. The summed E-state index contributed by atoms with van der Waals surface area (Å²) in [4.78, 5) is 31.4. The minimum absolute atomic E-state index is 0.128. The Morgan fingerprint density at radius 2 is 2.14 bits per heavy atom. The number of rotatable bonds is 3. The van der Waals surface area contributed by atoms with Crippen molar-refractivity contribution in [2.45, 2.75) is 38.6 Å². The molecule has 0 saturated carbocycles. The molecule has 4 rings (SSSR count). The summed E-state index contributed by atoms with van der Waals surface area (Å²) in [6, 6.07) is 7.61. The van der Waals surface area contributed by atoms with Gasteiger partial charge in [0.1, 0.15) is 5.82 Å². The van der Waals surface area contributed by atoms with Crippen molar-refractivity contribution in [1.82, 2.24) is 20.1 Å². The van der Waals surface area contributed by atoms with Gasteiger partial charge in [-0.3, -0.25) is 14.7 Å². The predicted octanol–water partition coefficient (Wildman–Crippen LogP) is 2.79. The number of aryl methyl sites for hydroxylation is 1. The highest BCUT2D eigenvalue weighted by molar-refractivity contribution is 6.39. The minimum atomic E-state index is -0.657. The second kappa shape index (κ2) is 7.90. The normalized spacial score (nSPS) is 16.7. The van der Waals surface area contributed by atoms with E-state index in [0.29, 0.717) is 24.5 Å². The van der Waals surface area contributed by atoms with Crippen molar-refractivity contribution in [2.75, 3.05) is 17.6 Å². The Bertz CT molecular complexity index is 1060. The first-order valence-corrected chi connectivity index (χ1v) is 9.86. The van der Waals surface area contributed by atoms with Gasteiger partial charge in [-0.15, -0.1) is 0 Å². The standard InChI is InChI=1S/C21H24N6O2/c1-2-13-10-16(12-23-19(13)22)25-20(28)21(29)27-8-4-3-5-18(27)14-6-7-17-15(9-14)11-24-26-17/h6-7,9-12,18H,2-5,8H2,1H3,(H2,22,23)(H,24,26)(H,25,28)/t18-/m0/s1. The summed E-state index contributed by atoms with van der Waals surface area (Å²) < 4.78 is 0. The average molecular weight is 392 g/mol. The van der Waals surface area contributed by atoms with E-state index in [1.807, 2.05) is 25.1 Å². The second-order valence-corrected chi connectivity index (χ2v) is 7.30. The van der Waals surface area contributed by atoms with Crippen LogP contribution >= 0.6 is 0 Å². The van der Waals surface area contributed by atoms with E-state index in [2.05, 4.69) is 20.5 Å². The molecule has 4 N–H and O–H groups in total. The molecule has 3 heterocycles. The van der Waals surface area contributed by atoms with Crippen LogP contribution in [0.5, 0.6) is 0 Å². The Morgan fingerprint density at radius 1 is 1.28 bits per heavy atom. The number of likely N-dealkylation sites (tertiary alicyclic amines) is 1. The molecule has 3 aromatic rings. The first kappa shape index (κ1) is 18.9. The van der Waals surface area contributed by atoms with Crippen LogP contribution in [0.15, 0.2) is 36.7 Å². The molecule has 0 spiro atoms. The molecule has 0 unspecified atom stereocenters. The molecule has 1 aromatic carbocycles. The summed E-state index contributed by atoms with van der Waals surface area (Å²) in [5.74, 6) is -0.755. The molecule has 29 heavy (non-hydrogen) atoms. The molecule has 0 radical (unpaired) electrons. The van der Waals surface area contributed by atoms with Crippen LogP contribution in [0.4, 0.5) is 11.5 Å². The first-order chi connectivity index (χ1) is 14.1. The van der Waals surface area contributed by atoms with Gasteiger partial charge in [0, 0.05) is 11.9 Å². The van der Waals surface area contributed by atoms with Crippen molar-refractivity contribution in [1.29, 1.82) is 0 Å². The van der Waals surface area contributed by atoms with E-state index in [1.165, 1.54) is 6.20 Å². The number of amides is 2. The lowest BCUT2D eigenvalue weighted by Crippen LogP contribution is -2.44. The van der Waals surface area contributed by atoms with Crippen LogP contribution in [0.25, 0.3) is 10.9 Å². The largest absolute Gasteiger partial charge is 0.383 e. The molecule has 1 fully saturated rings. The van der Waals surface area contributed by atoms with Crippen LogP contribution in [-0.4, -0.2) is 38.4 Å². The van der Waals surface area contributed by atoms with Crippen molar-refractivity contribution in [3.63, 3.8) is 0 Å². The van der Waals surface area contributed by atoms with Gasteiger partial charge in [-0.2, -0.15) is 5.10 Å². The second-order valence-electron chi connectivity index (χ2n) is 7.30. The van der Waals surface area contributed by atoms with Crippen molar-refractivity contribution >= 4 is 34.2 Å². The fourth-order valence-electron chi connectivity index (χ4n) is 3.88. The van der Waals surface area contributed by atoms with Crippen molar-refractivity contribution in [2.24, 2.45) is 0 Å². The number of carbonyl (C=O) groups excluding carboxylic acids is 2. The zero-order chi connectivity index (χ0) is 20.4. The van der Waals surface area contributed by atoms with E-state index < -0.39 is 11.8 Å².